The number of urea groups is 1. The molecule has 4 rings (SSSR count). The zero-order valence-electron chi connectivity index (χ0n) is 17.7. The van der Waals surface area contributed by atoms with E-state index in [0.29, 0.717) is 17.1 Å². The van der Waals surface area contributed by atoms with Gasteiger partial charge in [0.2, 0.25) is 5.88 Å². The molecule has 172 valence electrons. The Kier molecular flexibility index (Phi) is 6.55. The minimum atomic E-state index is -0.553. The number of nitro groups is 1. The van der Waals surface area contributed by atoms with Crippen molar-refractivity contribution in [3.8, 4) is 17.4 Å². The van der Waals surface area contributed by atoms with Crippen molar-refractivity contribution in [2.75, 3.05) is 7.11 Å². The van der Waals surface area contributed by atoms with Crippen LogP contribution in [0.5, 0.6) is 17.4 Å². The van der Waals surface area contributed by atoms with Gasteiger partial charge in [0.05, 0.1) is 18.6 Å². The van der Waals surface area contributed by atoms with Gasteiger partial charge in [-0.15, -0.1) is 0 Å². The number of imide groups is 1. The summed E-state index contributed by atoms with van der Waals surface area (Å²) in [5.41, 5.74) is 1.39. The molecular weight excluding hydrogens is 508 g/mol. The first-order chi connectivity index (χ1) is 16.3. The predicted molar refractivity (Wildman–Crippen MR) is 125 cm³/mol. The molecule has 0 aliphatic carbocycles. The van der Waals surface area contributed by atoms with E-state index in [-0.39, 0.29) is 23.8 Å². The van der Waals surface area contributed by atoms with Gasteiger partial charge in [0.25, 0.3) is 11.6 Å². The van der Waals surface area contributed by atoms with Crippen molar-refractivity contribution in [3.63, 3.8) is 0 Å². The molecule has 1 saturated heterocycles. The van der Waals surface area contributed by atoms with Crippen LogP contribution in [0.1, 0.15) is 11.1 Å². The smallest absolute Gasteiger partial charge is 0.329 e. The summed E-state index contributed by atoms with van der Waals surface area (Å²) in [5, 5.41) is 13.4. The van der Waals surface area contributed by atoms with Gasteiger partial charge in [-0.3, -0.25) is 19.8 Å². The van der Waals surface area contributed by atoms with Gasteiger partial charge in [-0.1, -0.05) is 34.1 Å². The molecule has 3 amide bonds. The van der Waals surface area contributed by atoms with Crippen molar-refractivity contribution in [1.29, 1.82) is 0 Å². The number of benzene rings is 2. The third-order valence-corrected chi connectivity index (χ3v) is 5.39. The van der Waals surface area contributed by atoms with Crippen molar-refractivity contribution in [2.24, 2.45) is 0 Å². The molecule has 34 heavy (non-hydrogen) atoms. The number of hydrogen-bond donors (Lipinski definition) is 1. The summed E-state index contributed by atoms with van der Waals surface area (Å²) in [6.45, 7) is 0.146. The average Bonchev–Trinajstić information content (AvgIpc) is 3.09. The van der Waals surface area contributed by atoms with Crippen LogP contribution >= 0.6 is 15.9 Å². The number of halogens is 1. The molecule has 3 aromatic rings. The molecule has 1 fully saturated rings. The first kappa shape index (κ1) is 22.9. The highest BCUT2D eigenvalue weighted by Gasteiger charge is 2.33. The maximum atomic E-state index is 12.8. The van der Waals surface area contributed by atoms with E-state index in [9.17, 15) is 19.7 Å². The molecule has 0 unspecified atom stereocenters. The van der Waals surface area contributed by atoms with Crippen molar-refractivity contribution in [2.45, 2.75) is 6.54 Å². The van der Waals surface area contributed by atoms with E-state index in [1.165, 1.54) is 25.3 Å². The fourth-order valence-corrected chi connectivity index (χ4v) is 3.43. The number of hydrogen-bond acceptors (Lipinski definition) is 7. The molecule has 2 heterocycles. The summed E-state index contributed by atoms with van der Waals surface area (Å²) in [6.07, 6.45) is 2.63. The van der Waals surface area contributed by atoms with Gasteiger partial charge in [-0.2, -0.15) is 0 Å². The number of ether oxygens (including phenoxy) is 2. The summed E-state index contributed by atoms with van der Waals surface area (Å²) in [5.74, 6) is 0.377. The Morgan fingerprint density at radius 3 is 2.53 bits per heavy atom. The molecule has 1 aliphatic rings. The molecule has 1 aliphatic heterocycles. The van der Waals surface area contributed by atoms with Crippen molar-refractivity contribution >= 4 is 39.6 Å². The minimum absolute atomic E-state index is 0.134. The van der Waals surface area contributed by atoms with E-state index >= 15 is 0 Å². The molecular formula is C23H17BrN4O6. The van der Waals surface area contributed by atoms with Gasteiger partial charge in [0.15, 0.2) is 11.5 Å². The number of carbonyl (C=O) groups is 2. The Morgan fingerprint density at radius 2 is 1.88 bits per heavy atom. The monoisotopic (exact) mass is 524 g/mol. The predicted octanol–water partition coefficient (Wildman–Crippen LogP) is 4.65. The highest BCUT2D eigenvalue weighted by Crippen LogP contribution is 2.33. The van der Waals surface area contributed by atoms with Crippen LogP contribution in [0.15, 0.2) is 71.0 Å². The number of nitrogens with one attached hydrogen (secondary N) is 1. The third-order valence-electron chi connectivity index (χ3n) is 4.86. The van der Waals surface area contributed by atoms with Crippen LogP contribution in [-0.2, 0) is 11.3 Å². The Hall–Kier alpha value is -4.25. The lowest BCUT2D eigenvalue weighted by Crippen LogP contribution is -2.30. The third kappa shape index (κ3) is 5.04. The Bertz CT molecular complexity index is 1290. The molecule has 0 saturated carbocycles. The average molecular weight is 525 g/mol. The quantitative estimate of drug-likeness (QED) is 0.206. The SMILES string of the molecule is COc1cc(C=C2NC(=O)N(Cc3ccc(Br)cc3)C2=O)ccc1Oc1ccc([N+](=O)[O-])cn1. The second-order valence-corrected chi connectivity index (χ2v) is 8.05. The first-order valence-electron chi connectivity index (χ1n) is 9.89. The first-order valence-corrected chi connectivity index (χ1v) is 10.7. The molecule has 10 nitrogen and oxygen atoms in total. The van der Waals surface area contributed by atoms with Gasteiger partial charge in [-0.25, -0.2) is 9.78 Å². The van der Waals surface area contributed by atoms with E-state index in [4.69, 9.17) is 9.47 Å². The minimum Gasteiger partial charge on any atom is -0.493 e. The number of amides is 3. The van der Waals surface area contributed by atoms with Gasteiger partial charge in [0, 0.05) is 16.6 Å². The molecule has 11 heteroatoms. The number of aromatic nitrogens is 1. The van der Waals surface area contributed by atoms with Crippen LogP contribution in [0.3, 0.4) is 0 Å². The summed E-state index contributed by atoms with van der Waals surface area (Å²) < 4.78 is 11.9. The Balaban J connectivity index is 1.51. The fourth-order valence-electron chi connectivity index (χ4n) is 3.17. The van der Waals surface area contributed by atoms with E-state index in [0.717, 1.165) is 21.1 Å². The molecule has 0 atom stereocenters. The number of methoxy groups -OCH3 is 1. The molecule has 0 bridgehead atoms. The maximum Gasteiger partial charge on any atom is 0.329 e. The van der Waals surface area contributed by atoms with Crippen molar-refractivity contribution in [3.05, 3.63) is 92.2 Å². The van der Waals surface area contributed by atoms with Gasteiger partial charge in [-0.05, 0) is 41.5 Å². The largest absolute Gasteiger partial charge is 0.493 e. The van der Waals surface area contributed by atoms with Crippen LogP contribution in [-0.4, -0.2) is 33.9 Å². The van der Waals surface area contributed by atoms with E-state index in [1.54, 1.807) is 18.2 Å². The van der Waals surface area contributed by atoms with Crippen LogP contribution < -0.4 is 14.8 Å². The topological polar surface area (TPSA) is 124 Å². The molecule has 0 spiro atoms. The van der Waals surface area contributed by atoms with Gasteiger partial charge in [0.1, 0.15) is 11.9 Å². The van der Waals surface area contributed by atoms with Crippen LogP contribution in [0.2, 0.25) is 0 Å². The zero-order chi connectivity index (χ0) is 24.2. The summed E-state index contributed by atoms with van der Waals surface area (Å²) >= 11 is 3.36. The Labute approximate surface area is 202 Å². The Morgan fingerprint density at radius 1 is 1.12 bits per heavy atom. The summed E-state index contributed by atoms with van der Waals surface area (Å²) in [4.78, 5) is 40.4. The van der Waals surface area contributed by atoms with E-state index in [2.05, 4.69) is 26.2 Å². The summed E-state index contributed by atoms with van der Waals surface area (Å²) in [7, 11) is 1.45. The number of rotatable bonds is 7. The maximum absolute atomic E-state index is 12.8. The second-order valence-electron chi connectivity index (χ2n) is 7.13. The fraction of sp³-hybridized carbons (Fsp3) is 0.0870. The lowest BCUT2D eigenvalue weighted by Gasteiger charge is -2.12. The second kappa shape index (κ2) is 9.71. The number of carbonyl (C=O) groups excluding carboxylic acids is 2. The lowest BCUT2D eigenvalue weighted by atomic mass is 10.1. The van der Waals surface area contributed by atoms with Gasteiger partial charge >= 0.3 is 6.03 Å². The van der Waals surface area contributed by atoms with E-state index in [1.807, 2.05) is 24.3 Å². The van der Waals surface area contributed by atoms with Crippen LogP contribution in [0, 0.1) is 10.1 Å². The van der Waals surface area contributed by atoms with Crippen molar-refractivity contribution < 1.29 is 24.0 Å². The zero-order valence-corrected chi connectivity index (χ0v) is 19.3. The van der Waals surface area contributed by atoms with Crippen molar-refractivity contribution in [1.82, 2.24) is 15.2 Å². The number of pyridine rings is 1. The van der Waals surface area contributed by atoms with E-state index < -0.39 is 16.9 Å². The molecule has 1 aromatic heterocycles. The molecule has 2 aromatic carbocycles. The normalized spacial score (nSPS) is 14.3. The number of nitrogens with zero attached hydrogens (tertiary/aromatic N) is 3. The molecule has 0 radical (unpaired) electrons. The standard InChI is InChI=1S/C23H17BrN4O6/c1-33-20-11-15(4-8-19(20)34-21-9-7-17(12-25-21)28(31)32)10-18-22(29)27(23(30)26-18)13-14-2-5-16(24)6-3-14/h2-12H,13H2,1H3,(H,26,30). The van der Waals surface area contributed by atoms with Crippen LogP contribution in [0.25, 0.3) is 6.08 Å². The lowest BCUT2D eigenvalue weighted by molar-refractivity contribution is -0.385. The van der Waals surface area contributed by atoms with Crippen LogP contribution in [0.4, 0.5) is 10.5 Å². The highest BCUT2D eigenvalue weighted by atomic mass is 79.9. The molecule has 1 N–H and O–H groups in total. The van der Waals surface area contributed by atoms with Gasteiger partial charge < -0.3 is 14.8 Å². The summed E-state index contributed by atoms with van der Waals surface area (Å²) in [6, 6.07) is 14.4. The highest BCUT2D eigenvalue weighted by molar-refractivity contribution is 9.10.